The van der Waals surface area contributed by atoms with Crippen molar-refractivity contribution in [3.63, 3.8) is 0 Å². The molecule has 0 unspecified atom stereocenters. The minimum Gasteiger partial charge on any atom is -0.481 e. The Morgan fingerprint density at radius 2 is 2.04 bits per heavy atom. The number of aliphatic carboxylic acids is 1. The van der Waals surface area contributed by atoms with Gasteiger partial charge in [0, 0.05) is 25.8 Å². The van der Waals surface area contributed by atoms with Gasteiger partial charge in [-0.15, -0.1) is 0 Å². The number of halogens is 1. The standard InChI is InChI=1S/C19H22ClN3O4/c1-13-15(12-21-23(13)17-5-3-2-4-16(17)20)19(26)22(9-6-18(24)25)14-7-10-27-11-8-14/h2-5,12,14H,6-11H2,1H3,(H,24,25). The molecular weight excluding hydrogens is 370 g/mol. The lowest BCUT2D eigenvalue weighted by Gasteiger charge is -2.34. The van der Waals surface area contributed by atoms with Gasteiger partial charge in [-0.2, -0.15) is 5.10 Å². The maximum Gasteiger partial charge on any atom is 0.305 e. The van der Waals surface area contributed by atoms with E-state index in [2.05, 4.69) is 5.10 Å². The van der Waals surface area contributed by atoms with Crippen molar-refractivity contribution in [1.82, 2.24) is 14.7 Å². The lowest BCUT2D eigenvalue weighted by molar-refractivity contribution is -0.137. The maximum atomic E-state index is 13.2. The van der Waals surface area contributed by atoms with Crippen molar-refractivity contribution in [2.45, 2.75) is 32.2 Å². The van der Waals surface area contributed by atoms with Crippen molar-refractivity contribution in [1.29, 1.82) is 0 Å². The van der Waals surface area contributed by atoms with Crippen LogP contribution in [0.1, 0.15) is 35.3 Å². The Morgan fingerprint density at radius 1 is 1.33 bits per heavy atom. The van der Waals surface area contributed by atoms with Crippen molar-refractivity contribution in [3.8, 4) is 5.69 Å². The van der Waals surface area contributed by atoms with Gasteiger partial charge in [0.15, 0.2) is 0 Å². The smallest absolute Gasteiger partial charge is 0.305 e. The molecule has 1 saturated heterocycles. The highest BCUT2D eigenvalue weighted by Gasteiger charge is 2.29. The molecular formula is C19H22ClN3O4. The third-order valence-corrected chi connectivity index (χ3v) is 5.10. The number of amides is 1. The molecule has 1 aliphatic rings. The van der Waals surface area contributed by atoms with E-state index in [-0.39, 0.29) is 24.9 Å². The number of aromatic nitrogens is 2. The molecule has 27 heavy (non-hydrogen) atoms. The molecule has 2 aromatic rings. The fraction of sp³-hybridized carbons (Fsp3) is 0.421. The number of carboxylic acid groups (broad SMARTS) is 1. The first-order chi connectivity index (χ1) is 13.0. The van der Waals surface area contributed by atoms with E-state index in [0.717, 1.165) is 0 Å². The molecule has 0 aliphatic carbocycles. The van der Waals surface area contributed by atoms with E-state index in [1.54, 1.807) is 15.6 Å². The molecule has 2 heterocycles. The van der Waals surface area contributed by atoms with Gasteiger partial charge in [-0.1, -0.05) is 23.7 Å². The number of para-hydroxylation sites is 1. The number of carbonyl (C=O) groups is 2. The summed E-state index contributed by atoms with van der Waals surface area (Å²) in [7, 11) is 0. The summed E-state index contributed by atoms with van der Waals surface area (Å²) in [5.41, 5.74) is 1.81. The Bertz CT molecular complexity index is 830. The molecule has 3 rings (SSSR count). The zero-order valence-corrected chi connectivity index (χ0v) is 15.9. The zero-order valence-electron chi connectivity index (χ0n) is 15.1. The highest BCUT2D eigenvalue weighted by atomic mass is 35.5. The summed E-state index contributed by atoms with van der Waals surface area (Å²) in [6.07, 6.45) is 2.82. The molecule has 0 atom stereocenters. The minimum absolute atomic E-state index is 0.0336. The van der Waals surface area contributed by atoms with Crippen LogP contribution in [0.5, 0.6) is 0 Å². The Morgan fingerprint density at radius 3 is 2.70 bits per heavy atom. The Balaban J connectivity index is 1.89. The summed E-state index contributed by atoms with van der Waals surface area (Å²) >= 11 is 6.25. The Hall–Kier alpha value is -2.38. The molecule has 1 aromatic heterocycles. The molecule has 7 nitrogen and oxygen atoms in total. The molecule has 0 bridgehead atoms. The molecule has 0 saturated carbocycles. The fourth-order valence-corrected chi connectivity index (χ4v) is 3.52. The molecule has 0 spiro atoms. The van der Waals surface area contributed by atoms with Crippen LogP contribution >= 0.6 is 11.6 Å². The second kappa shape index (κ2) is 8.54. The van der Waals surface area contributed by atoms with Gasteiger partial charge in [-0.05, 0) is 31.9 Å². The predicted molar refractivity (Wildman–Crippen MR) is 100 cm³/mol. The van der Waals surface area contributed by atoms with Gasteiger partial charge in [0.25, 0.3) is 5.91 Å². The van der Waals surface area contributed by atoms with Crippen LogP contribution in [0.2, 0.25) is 5.02 Å². The predicted octanol–water partition coefficient (Wildman–Crippen LogP) is 2.93. The highest BCUT2D eigenvalue weighted by Crippen LogP contribution is 2.24. The van der Waals surface area contributed by atoms with Gasteiger partial charge in [0.05, 0.1) is 34.6 Å². The van der Waals surface area contributed by atoms with Crippen molar-refractivity contribution in [2.75, 3.05) is 19.8 Å². The second-order valence-corrected chi connectivity index (χ2v) is 6.90. The monoisotopic (exact) mass is 391 g/mol. The summed E-state index contributed by atoms with van der Waals surface area (Å²) in [6, 6.07) is 7.24. The molecule has 1 N–H and O–H groups in total. The van der Waals surface area contributed by atoms with E-state index in [0.29, 0.717) is 48.0 Å². The van der Waals surface area contributed by atoms with Crippen LogP contribution in [0.25, 0.3) is 5.69 Å². The molecule has 0 radical (unpaired) electrons. The maximum absolute atomic E-state index is 13.2. The molecule has 1 amide bonds. The van der Waals surface area contributed by atoms with Gasteiger partial charge < -0.3 is 14.7 Å². The van der Waals surface area contributed by atoms with Crippen LogP contribution in [0, 0.1) is 6.92 Å². The van der Waals surface area contributed by atoms with Crippen LogP contribution in [0.3, 0.4) is 0 Å². The summed E-state index contributed by atoms with van der Waals surface area (Å²) in [5.74, 6) is -1.14. The largest absolute Gasteiger partial charge is 0.481 e. The summed E-state index contributed by atoms with van der Waals surface area (Å²) < 4.78 is 7.01. The van der Waals surface area contributed by atoms with Gasteiger partial charge in [-0.25, -0.2) is 4.68 Å². The van der Waals surface area contributed by atoms with Crippen LogP contribution < -0.4 is 0 Å². The first-order valence-electron chi connectivity index (χ1n) is 8.89. The number of rotatable bonds is 6. The quantitative estimate of drug-likeness (QED) is 0.818. The van der Waals surface area contributed by atoms with E-state index in [4.69, 9.17) is 21.4 Å². The Labute approximate surface area is 162 Å². The third kappa shape index (κ3) is 4.31. The normalized spacial score (nSPS) is 14.9. The van der Waals surface area contributed by atoms with Gasteiger partial charge in [0.1, 0.15) is 0 Å². The molecule has 1 fully saturated rings. The van der Waals surface area contributed by atoms with Crippen molar-refractivity contribution < 1.29 is 19.4 Å². The highest BCUT2D eigenvalue weighted by molar-refractivity contribution is 6.32. The van der Waals surface area contributed by atoms with Crippen molar-refractivity contribution in [3.05, 3.63) is 46.7 Å². The molecule has 1 aromatic carbocycles. The van der Waals surface area contributed by atoms with E-state index in [1.165, 1.54) is 6.20 Å². The molecule has 8 heteroatoms. The van der Waals surface area contributed by atoms with Crippen LogP contribution in [0.4, 0.5) is 0 Å². The number of carboxylic acids is 1. The molecule has 144 valence electrons. The SMILES string of the molecule is Cc1c(C(=O)N(CCC(=O)O)C2CCOCC2)cnn1-c1ccccc1Cl. The first-order valence-corrected chi connectivity index (χ1v) is 9.27. The number of carbonyl (C=O) groups excluding carboxylic acids is 1. The van der Waals surface area contributed by atoms with Gasteiger partial charge in [0.2, 0.25) is 0 Å². The van der Waals surface area contributed by atoms with E-state index in [1.807, 2.05) is 25.1 Å². The third-order valence-electron chi connectivity index (χ3n) is 4.78. The minimum atomic E-state index is -0.927. The summed E-state index contributed by atoms with van der Waals surface area (Å²) in [6.45, 7) is 3.11. The topological polar surface area (TPSA) is 84.7 Å². The summed E-state index contributed by atoms with van der Waals surface area (Å²) in [4.78, 5) is 25.9. The fourth-order valence-electron chi connectivity index (χ4n) is 3.30. The number of ether oxygens (including phenoxy) is 1. The number of benzene rings is 1. The van der Waals surface area contributed by atoms with Crippen molar-refractivity contribution in [2.24, 2.45) is 0 Å². The number of hydrogen-bond donors (Lipinski definition) is 1. The average Bonchev–Trinajstić information content (AvgIpc) is 3.04. The van der Waals surface area contributed by atoms with E-state index in [9.17, 15) is 9.59 Å². The lowest BCUT2D eigenvalue weighted by atomic mass is 10.0. The van der Waals surface area contributed by atoms with Crippen LogP contribution in [-0.4, -0.2) is 57.5 Å². The number of hydrogen-bond acceptors (Lipinski definition) is 4. The van der Waals surface area contributed by atoms with Crippen molar-refractivity contribution >= 4 is 23.5 Å². The van der Waals surface area contributed by atoms with Gasteiger partial charge in [-0.3, -0.25) is 9.59 Å². The molecule has 1 aliphatic heterocycles. The number of nitrogens with zero attached hydrogens (tertiary/aromatic N) is 3. The zero-order chi connectivity index (χ0) is 19.4. The lowest BCUT2D eigenvalue weighted by Crippen LogP contribution is -2.44. The average molecular weight is 392 g/mol. The van der Waals surface area contributed by atoms with Gasteiger partial charge >= 0.3 is 5.97 Å². The van der Waals surface area contributed by atoms with E-state index < -0.39 is 5.97 Å². The van der Waals surface area contributed by atoms with Crippen LogP contribution in [-0.2, 0) is 9.53 Å². The first kappa shape index (κ1) is 19.4. The van der Waals surface area contributed by atoms with E-state index >= 15 is 0 Å². The van der Waals surface area contributed by atoms with Crippen LogP contribution in [0.15, 0.2) is 30.5 Å². The summed E-state index contributed by atoms with van der Waals surface area (Å²) in [5, 5.41) is 13.9. The Kier molecular flexibility index (Phi) is 6.13. The second-order valence-electron chi connectivity index (χ2n) is 6.49.